The van der Waals surface area contributed by atoms with E-state index >= 15 is 0 Å². The Balaban J connectivity index is 2.44. The van der Waals surface area contributed by atoms with Crippen molar-refractivity contribution in [3.05, 3.63) is 28.8 Å². The Labute approximate surface area is 126 Å². The smallest absolute Gasteiger partial charge is 0.223 e. The van der Waals surface area contributed by atoms with E-state index in [2.05, 4.69) is 5.32 Å². The molecule has 0 fully saturated rings. The topological polar surface area (TPSA) is 41.6 Å². The number of hydrogen-bond acceptors (Lipinski definition) is 3. The first kappa shape index (κ1) is 16.8. The molecular weight excluding hydrogens is 276 g/mol. The number of halogens is 1. The van der Waals surface area contributed by atoms with Gasteiger partial charge in [0.25, 0.3) is 0 Å². The van der Waals surface area contributed by atoms with Gasteiger partial charge in [-0.3, -0.25) is 4.79 Å². The largest absolute Gasteiger partial charge is 0.496 e. The van der Waals surface area contributed by atoms with Gasteiger partial charge >= 0.3 is 0 Å². The van der Waals surface area contributed by atoms with Gasteiger partial charge in [-0.1, -0.05) is 17.7 Å². The maximum absolute atomic E-state index is 11.8. The zero-order chi connectivity index (χ0) is 15.0. The lowest BCUT2D eigenvalue weighted by Crippen LogP contribution is -2.32. The number of carbonyl (C=O) groups is 1. The average molecular weight is 299 g/mol. The zero-order valence-corrected chi connectivity index (χ0v) is 13.2. The van der Waals surface area contributed by atoms with Crippen LogP contribution in [0, 0.1) is 0 Å². The van der Waals surface area contributed by atoms with Crippen LogP contribution in [0.25, 0.3) is 0 Å². The second-order valence-corrected chi connectivity index (χ2v) is 4.82. The average Bonchev–Trinajstić information content (AvgIpc) is 2.46. The zero-order valence-electron chi connectivity index (χ0n) is 12.4. The maximum Gasteiger partial charge on any atom is 0.223 e. The Morgan fingerprint density at radius 2 is 2.05 bits per heavy atom. The minimum atomic E-state index is 0.175. The third kappa shape index (κ3) is 4.69. The highest BCUT2D eigenvalue weighted by atomic mass is 35.5. The first-order valence-corrected chi connectivity index (χ1v) is 7.31. The van der Waals surface area contributed by atoms with E-state index in [0.29, 0.717) is 24.5 Å². The summed E-state index contributed by atoms with van der Waals surface area (Å²) in [5.74, 6) is 0.939. The molecule has 0 atom stereocenters. The molecule has 1 aromatic carbocycles. The number of nitrogens with zero attached hydrogens (tertiary/aromatic N) is 1. The maximum atomic E-state index is 11.8. The van der Waals surface area contributed by atoms with Crippen LogP contribution in [-0.2, 0) is 11.3 Å². The van der Waals surface area contributed by atoms with Crippen molar-refractivity contribution in [2.45, 2.75) is 26.8 Å². The summed E-state index contributed by atoms with van der Waals surface area (Å²) in [5, 5.41) is 3.91. The number of ether oxygens (including phenoxy) is 1. The fraction of sp³-hybridized carbons (Fsp3) is 0.533. The highest BCUT2D eigenvalue weighted by Crippen LogP contribution is 2.25. The minimum absolute atomic E-state index is 0.175. The number of hydrogen-bond donors (Lipinski definition) is 1. The van der Waals surface area contributed by atoms with E-state index in [4.69, 9.17) is 16.3 Å². The van der Waals surface area contributed by atoms with Crippen LogP contribution in [0.3, 0.4) is 0 Å². The van der Waals surface area contributed by atoms with Crippen molar-refractivity contribution < 1.29 is 9.53 Å². The summed E-state index contributed by atoms with van der Waals surface area (Å²) in [6.07, 6.45) is 0.494. The van der Waals surface area contributed by atoms with Crippen LogP contribution < -0.4 is 10.1 Å². The summed E-state index contributed by atoms with van der Waals surface area (Å²) in [6.45, 7) is 6.71. The molecule has 0 spiro atoms. The van der Waals surface area contributed by atoms with Gasteiger partial charge in [0.2, 0.25) is 5.91 Å². The molecule has 0 unspecified atom stereocenters. The van der Waals surface area contributed by atoms with E-state index in [-0.39, 0.29) is 5.91 Å². The molecule has 1 amide bonds. The van der Waals surface area contributed by atoms with Crippen molar-refractivity contribution in [3.63, 3.8) is 0 Å². The Hall–Kier alpha value is -1.26. The number of rotatable bonds is 8. The summed E-state index contributed by atoms with van der Waals surface area (Å²) in [4.78, 5) is 13.7. The van der Waals surface area contributed by atoms with Crippen molar-refractivity contribution in [2.24, 2.45) is 0 Å². The third-order valence-electron chi connectivity index (χ3n) is 3.23. The Bertz CT molecular complexity index is 434. The third-order valence-corrected chi connectivity index (χ3v) is 3.58. The van der Waals surface area contributed by atoms with E-state index in [1.165, 1.54) is 0 Å². The second kappa shape index (κ2) is 8.82. The predicted molar refractivity (Wildman–Crippen MR) is 82.3 cm³/mol. The molecule has 0 radical (unpaired) electrons. The van der Waals surface area contributed by atoms with E-state index in [1.807, 2.05) is 36.9 Å². The molecule has 0 heterocycles. The van der Waals surface area contributed by atoms with E-state index < -0.39 is 0 Å². The van der Waals surface area contributed by atoms with Gasteiger partial charge in [0.15, 0.2) is 0 Å². The van der Waals surface area contributed by atoms with Crippen LogP contribution in [-0.4, -0.2) is 37.6 Å². The molecule has 0 saturated carbocycles. The first-order valence-electron chi connectivity index (χ1n) is 6.93. The molecule has 1 rings (SSSR count). The number of methoxy groups -OCH3 is 1. The highest BCUT2D eigenvalue weighted by Gasteiger charge is 2.10. The van der Waals surface area contributed by atoms with Gasteiger partial charge in [-0.2, -0.15) is 0 Å². The predicted octanol–water partition coefficient (Wildman–Crippen LogP) is 2.70. The molecule has 5 heteroatoms. The monoisotopic (exact) mass is 298 g/mol. The van der Waals surface area contributed by atoms with Crippen molar-refractivity contribution in [3.8, 4) is 5.75 Å². The summed E-state index contributed by atoms with van der Waals surface area (Å²) in [7, 11) is 1.62. The summed E-state index contributed by atoms with van der Waals surface area (Å²) < 4.78 is 5.28. The molecule has 0 aromatic heterocycles. The van der Waals surface area contributed by atoms with Crippen LogP contribution >= 0.6 is 11.6 Å². The molecule has 0 aliphatic rings. The van der Waals surface area contributed by atoms with Crippen molar-refractivity contribution in [1.82, 2.24) is 10.2 Å². The Morgan fingerprint density at radius 1 is 1.35 bits per heavy atom. The molecule has 0 aliphatic carbocycles. The lowest BCUT2D eigenvalue weighted by molar-refractivity contribution is -0.130. The SMILES string of the molecule is CCN(CC)C(=O)CCNCc1c(Cl)cccc1OC. The number of benzene rings is 1. The van der Waals surface area contributed by atoms with E-state index in [9.17, 15) is 4.79 Å². The standard InChI is InChI=1S/C15H23ClN2O2/c1-4-18(5-2)15(19)9-10-17-11-12-13(16)7-6-8-14(12)20-3/h6-8,17H,4-5,9-11H2,1-3H3. The quantitative estimate of drug-likeness (QED) is 0.750. The lowest BCUT2D eigenvalue weighted by atomic mass is 10.2. The van der Waals surface area contributed by atoms with Gasteiger partial charge in [-0.05, 0) is 26.0 Å². The molecule has 1 N–H and O–H groups in total. The minimum Gasteiger partial charge on any atom is -0.496 e. The molecule has 112 valence electrons. The first-order chi connectivity index (χ1) is 9.63. The van der Waals surface area contributed by atoms with Crippen molar-refractivity contribution in [2.75, 3.05) is 26.7 Å². The van der Waals surface area contributed by atoms with Gasteiger partial charge < -0.3 is 15.0 Å². The van der Waals surface area contributed by atoms with Gasteiger partial charge in [-0.15, -0.1) is 0 Å². The molecular formula is C15H23ClN2O2. The summed E-state index contributed by atoms with van der Waals surface area (Å²) in [6, 6.07) is 5.57. The lowest BCUT2D eigenvalue weighted by Gasteiger charge is -2.18. The fourth-order valence-electron chi connectivity index (χ4n) is 2.04. The van der Waals surface area contributed by atoms with Crippen LogP contribution in [0.5, 0.6) is 5.75 Å². The molecule has 0 saturated heterocycles. The van der Waals surface area contributed by atoms with Crippen molar-refractivity contribution >= 4 is 17.5 Å². The number of amides is 1. The van der Waals surface area contributed by atoms with Gasteiger partial charge in [-0.25, -0.2) is 0 Å². The highest BCUT2D eigenvalue weighted by molar-refractivity contribution is 6.31. The van der Waals surface area contributed by atoms with Gasteiger partial charge in [0, 0.05) is 43.2 Å². The van der Waals surface area contributed by atoms with Crippen LogP contribution in [0.2, 0.25) is 5.02 Å². The number of carbonyl (C=O) groups excluding carboxylic acids is 1. The van der Waals surface area contributed by atoms with E-state index in [1.54, 1.807) is 7.11 Å². The molecule has 1 aromatic rings. The molecule has 0 bridgehead atoms. The van der Waals surface area contributed by atoms with Crippen molar-refractivity contribution in [1.29, 1.82) is 0 Å². The summed E-state index contributed by atoms with van der Waals surface area (Å²) in [5.41, 5.74) is 0.923. The summed E-state index contributed by atoms with van der Waals surface area (Å²) >= 11 is 6.15. The normalized spacial score (nSPS) is 10.4. The Morgan fingerprint density at radius 3 is 2.65 bits per heavy atom. The van der Waals surface area contributed by atoms with Crippen LogP contribution in [0.1, 0.15) is 25.8 Å². The van der Waals surface area contributed by atoms with Gasteiger partial charge in [0.1, 0.15) is 5.75 Å². The Kier molecular flexibility index (Phi) is 7.41. The molecule has 0 aliphatic heterocycles. The van der Waals surface area contributed by atoms with Crippen LogP contribution in [0.4, 0.5) is 0 Å². The fourth-order valence-corrected chi connectivity index (χ4v) is 2.28. The number of nitrogens with one attached hydrogen (secondary N) is 1. The molecule has 4 nitrogen and oxygen atoms in total. The van der Waals surface area contributed by atoms with Crippen LogP contribution in [0.15, 0.2) is 18.2 Å². The second-order valence-electron chi connectivity index (χ2n) is 4.41. The molecule has 20 heavy (non-hydrogen) atoms. The van der Waals surface area contributed by atoms with Gasteiger partial charge in [0.05, 0.1) is 7.11 Å². The van der Waals surface area contributed by atoms with E-state index in [0.717, 1.165) is 24.4 Å².